The molecule has 2 heterocycles. The molecular weight excluding hydrogens is 561 g/mol. The number of carbonyl (C=O) groups is 2. The van der Waals surface area contributed by atoms with Crippen LogP contribution in [0.25, 0.3) is 11.1 Å². The molecule has 0 bridgehead atoms. The van der Waals surface area contributed by atoms with Crippen LogP contribution in [0, 0.1) is 11.8 Å². The summed E-state index contributed by atoms with van der Waals surface area (Å²) in [6.07, 6.45) is -3.37. The highest BCUT2D eigenvalue weighted by Gasteiger charge is 2.41. The van der Waals surface area contributed by atoms with Gasteiger partial charge in [0.15, 0.2) is 5.58 Å². The van der Waals surface area contributed by atoms with Gasteiger partial charge < -0.3 is 15.1 Å². The first-order valence-electron chi connectivity index (χ1n) is 14.3. The molecule has 0 aliphatic heterocycles. The van der Waals surface area contributed by atoms with Crippen LogP contribution in [0.1, 0.15) is 105 Å². The van der Waals surface area contributed by atoms with Gasteiger partial charge in [-0.2, -0.15) is 18.3 Å². The molecule has 228 valence electrons. The van der Waals surface area contributed by atoms with Crippen molar-refractivity contribution in [2.45, 2.75) is 95.4 Å². The van der Waals surface area contributed by atoms with Gasteiger partial charge in [0.25, 0.3) is 5.91 Å². The van der Waals surface area contributed by atoms with E-state index in [0.717, 1.165) is 12.8 Å². The lowest BCUT2D eigenvalue weighted by Crippen LogP contribution is -2.38. The van der Waals surface area contributed by atoms with Crippen molar-refractivity contribution in [2.24, 2.45) is 11.8 Å². The van der Waals surface area contributed by atoms with E-state index in [9.17, 15) is 31.5 Å². The van der Waals surface area contributed by atoms with E-state index in [4.69, 9.17) is 4.42 Å². The number of alkyl halides is 5. The first kappa shape index (κ1) is 30.0. The SMILES string of the molecule is CC(C)n1nccc1C(=O)N[C@H](c1nc2cc([C@H](NC(=O)CCC(F)(F)F)C3CC3)ccc2o1)C1CCC(F)(F)CC1. The van der Waals surface area contributed by atoms with Gasteiger partial charge >= 0.3 is 6.18 Å². The Morgan fingerprint density at radius 3 is 2.38 bits per heavy atom. The number of nitrogens with one attached hydrogen (secondary N) is 2. The maximum Gasteiger partial charge on any atom is 0.389 e. The second-order valence-corrected chi connectivity index (χ2v) is 11.7. The Morgan fingerprint density at radius 2 is 1.74 bits per heavy atom. The molecule has 1 aromatic carbocycles. The molecule has 2 fully saturated rings. The topological polar surface area (TPSA) is 102 Å². The fourth-order valence-electron chi connectivity index (χ4n) is 5.59. The van der Waals surface area contributed by atoms with Crippen molar-refractivity contribution in [2.75, 3.05) is 0 Å². The van der Waals surface area contributed by atoms with E-state index < -0.39 is 48.8 Å². The Bertz CT molecular complexity index is 1420. The van der Waals surface area contributed by atoms with Crippen LogP contribution in [-0.2, 0) is 4.79 Å². The zero-order valence-corrected chi connectivity index (χ0v) is 23.4. The van der Waals surface area contributed by atoms with Crippen LogP contribution in [0.15, 0.2) is 34.9 Å². The number of aromatic nitrogens is 3. The first-order valence-corrected chi connectivity index (χ1v) is 14.3. The van der Waals surface area contributed by atoms with E-state index in [1.807, 2.05) is 13.8 Å². The van der Waals surface area contributed by atoms with Crippen molar-refractivity contribution in [1.29, 1.82) is 0 Å². The maximum atomic E-state index is 14.0. The summed E-state index contributed by atoms with van der Waals surface area (Å²) in [7, 11) is 0. The molecule has 3 aromatic rings. The van der Waals surface area contributed by atoms with Crippen LogP contribution in [0.3, 0.4) is 0 Å². The van der Waals surface area contributed by atoms with Gasteiger partial charge in [0.1, 0.15) is 17.3 Å². The second kappa shape index (κ2) is 11.6. The maximum absolute atomic E-state index is 14.0. The highest BCUT2D eigenvalue weighted by Crippen LogP contribution is 2.43. The summed E-state index contributed by atoms with van der Waals surface area (Å²) in [5.74, 6) is -3.93. The summed E-state index contributed by atoms with van der Waals surface area (Å²) in [6.45, 7) is 3.77. The van der Waals surface area contributed by atoms with Crippen molar-refractivity contribution in [3.05, 3.63) is 47.6 Å². The van der Waals surface area contributed by atoms with Crippen molar-refractivity contribution in [3.63, 3.8) is 0 Å². The second-order valence-electron chi connectivity index (χ2n) is 11.7. The largest absolute Gasteiger partial charge is 0.438 e. The van der Waals surface area contributed by atoms with E-state index in [-0.39, 0.29) is 49.5 Å². The third-order valence-corrected chi connectivity index (χ3v) is 8.01. The molecule has 13 heteroatoms. The molecule has 2 amide bonds. The average Bonchev–Trinajstić information content (AvgIpc) is 3.47. The molecule has 0 unspecified atom stereocenters. The number of rotatable bonds is 10. The lowest BCUT2D eigenvalue weighted by molar-refractivity contribution is -0.144. The van der Waals surface area contributed by atoms with E-state index in [1.54, 1.807) is 28.9 Å². The summed E-state index contributed by atoms with van der Waals surface area (Å²) in [4.78, 5) is 30.3. The Hall–Kier alpha value is -3.51. The van der Waals surface area contributed by atoms with Crippen molar-refractivity contribution >= 4 is 22.9 Å². The van der Waals surface area contributed by atoms with E-state index in [1.165, 1.54) is 6.20 Å². The van der Waals surface area contributed by atoms with E-state index in [0.29, 0.717) is 22.4 Å². The highest BCUT2D eigenvalue weighted by atomic mass is 19.4. The van der Waals surface area contributed by atoms with Crippen LogP contribution in [0.4, 0.5) is 22.0 Å². The third-order valence-electron chi connectivity index (χ3n) is 8.01. The molecule has 2 saturated carbocycles. The quantitative estimate of drug-likeness (QED) is 0.251. The monoisotopic (exact) mass is 595 g/mol. The van der Waals surface area contributed by atoms with Gasteiger partial charge in [-0.3, -0.25) is 14.3 Å². The van der Waals surface area contributed by atoms with Gasteiger partial charge in [-0.15, -0.1) is 0 Å². The van der Waals surface area contributed by atoms with Crippen molar-refractivity contribution in [1.82, 2.24) is 25.4 Å². The van der Waals surface area contributed by atoms with E-state index >= 15 is 0 Å². The minimum Gasteiger partial charge on any atom is -0.438 e. The highest BCUT2D eigenvalue weighted by molar-refractivity contribution is 5.92. The predicted molar refractivity (Wildman–Crippen MR) is 143 cm³/mol. The first-order chi connectivity index (χ1) is 19.8. The Kier molecular flexibility index (Phi) is 8.30. The molecule has 0 spiro atoms. The van der Waals surface area contributed by atoms with Crippen molar-refractivity contribution in [3.8, 4) is 0 Å². The minimum atomic E-state index is -4.42. The van der Waals surface area contributed by atoms with Crippen LogP contribution in [0.5, 0.6) is 0 Å². The summed E-state index contributed by atoms with van der Waals surface area (Å²) >= 11 is 0. The number of hydrogen-bond acceptors (Lipinski definition) is 5. The summed E-state index contributed by atoms with van der Waals surface area (Å²) in [6, 6.07) is 5.38. The minimum absolute atomic E-state index is 0.0799. The molecule has 2 aliphatic carbocycles. The van der Waals surface area contributed by atoms with Gasteiger partial charge in [-0.1, -0.05) is 6.07 Å². The lowest BCUT2D eigenvalue weighted by atomic mass is 9.82. The van der Waals surface area contributed by atoms with Gasteiger partial charge in [-0.25, -0.2) is 13.8 Å². The van der Waals surface area contributed by atoms with Crippen molar-refractivity contribution < 1.29 is 36.0 Å². The Balaban J connectivity index is 1.40. The average molecular weight is 596 g/mol. The number of carbonyl (C=O) groups excluding carboxylic acids is 2. The summed E-state index contributed by atoms with van der Waals surface area (Å²) in [5, 5.41) is 9.91. The molecule has 0 saturated heterocycles. The number of fused-ring (bicyclic) bond motifs is 1. The number of amides is 2. The number of hydrogen-bond donors (Lipinski definition) is 2. The molecule has 2 atom stereocenters. The molecule has 2 N–H and O–H groups in total. The molecule has 8 nitrogen and oxygen atoms in total. The van der Waals surface area contributed by atoms with Gasteiger partial charge in [0, 0.05) is 31.5 Å². The molecule has 42 heavy (non-hydrogen) atoms. The van der Waals surface area contributed by atoms with Gasteiger partial charge in [0.05, 0.1) is 12.5 Å². The predicted octanol–water partition coefficient (Wildman–Crippen LogP) is 6.81. The molecular formula is C29H34F5N5O3. The smallest absolute Gasteiger partial charge is 0.389 e. The Morgan fingerprint density at radius 1 is 1.05 bits per heavy atom. The van der Waals surface area contributed by atoms with Crippen LogP contribution in [-0.4, -0.2) is 38.7 Å². The molecule has 2 aromatic heterocycles. The number of oxazole rings is 1. The normalized spacial score (nSPS) is 19.1. The molecule has 0 radical (unpaired) electrons. The number of benzene rings is 1. The standard InChI is InChI=1S/C29H34F5N5O3/c1-16(2)39-21(10-14-35-39)26(41)38-25(18-7-11-28(30,31)12-8-18)27-36-20-15-19(5-6-22(20)42-27)24(17-3-4-17)37-23(40)9-13-29(32,33)34/h5-6,10,14-18,24-25H,3-4,7-9,11-13H2,1-2H3,(H,37,40)(H,38,41)/t24-,25+/m1/s1. The number of halogens is 5. The van der Waals surface area contributed by atoms with Crippen LogP contribution in [0.2, 0.25) is 0 Å². The van der Waals surface area contributed by atoms with Crippen LogP contribution < -0.4 is 10.6 Å². The summed E-state index contributed by atoms with van der Waals surface area (Å²) < 4.78 is 73.5. The third kappa shape index (κ3) is 7.09. The zero-order valence-electron chi connectivity index (χ0n) is 23.4. The van der Waals surface area contributed by atoms with E-state index in [2.05, 4.69) is 20.7 Å². The fraction of sp³-hybridized carbons (Fsp3) is 0.586. The number of nitrogens with zero attached hydrogens (tertiary/aromatic N) is 3. The van der Waals surface area contributed by atoms with Gasteiger partial charge in [-0.05, 0) is 75.1 Å². The summed E-state index contributed by atoms with van der Waals surface area (Å²) in [5.41, 5.74) is 1.84. The fourth-order valence-corrected chi connectivity index (χ4v) is 5.59. The molecule has 2 aliphatic rings. The zero-order chi connectivity index (χ0) is 30.2. The molecule has 5 rings (SSSR count). The lowest BCUT2D eigenvalue weighted by Gasteiger charge is -2.32. The van der Waals surface area contributed by atoms with Gasteiger partial charge in [0.2, 0.25) is 17.7 Å². The Labute approximate surface area is 239 Å². The van der Waals surface area contributed by atoms with Crippen LogP contribution >= 0.6 is 0 Å².